The second-order valence-corrected chi connectivity index (χ2v) is 5.51. The molecule has 1 amide bonds. The number of hydrogen-bond acceptors (Lipinski definition) is 4. The van der Waals surface area contributed by atoms with Crippen LogP contribution in [0, 0.1) is 12.8 Å². The van der Waals surface area contributed by atoms with Crippen LogP contribution in [0.15, 0.2) is 12.1 Å². The van der Waals surface area contributed by atoms with Gasteiger partial charge in [-0.25, -0.2) is 4.98 Å². The van der Waals surface area contributed by atoms with E-state index < -0.39 is 5.91 Å². The number of aromatic nitrogens is 1. The van der Waals surface area contributed by atoms with E-state index in [0.29, 0.717) is 5.56 Å². The molecule has 1 aliphatic rings. The van der Waals surface area contributed by atoms with Crippen molar-refractivity contribution in [1.29, 1.82) is 0 Å². The number of nitrogens with one attached hydrogen (secondary N) is 1. The molecular weight excluding hydrogens is 252 g/mol. The van der Waals surface area contributed by atoms with Crippen LogP contribution in [-0.2, 0) is 0 Å². The van der Waals surface area contributed by atoms with Crippen molar-refractivity contribution in [3.63, 3.8) is 0 Å². The number of hydrogen-bond donors (Lipinski definition) is 2. The molecule has 0 aromatic carbocycles. The summed E-state index contributed by atoms with van der Waals surface area (Å²) in [6.07, 6.45) is 3.51. The number of primary amides is 1. The number of piperidine rings is 1. The van der Waals surface area contributed by atoms with E-state index >= 15 is 0 Å². The molecule has 1 saturated heterocycles. The Balaban J connectivity index is 2.06. The number of nitrogens with zero attached hydrogens (tertiary/aromatic N) is 2. The SMILES string of the molecule is CNCCC1CCN(c2nc(C)ccc2C(N)=O)CC1. The van der Waals surface area contributed by atoms with Crippen LogP contribution in [0.4, 0.5) is 5.82 Å². The number of rotatable bonds is 5. The van der Waals surface area contributed by atoms with Gasteiger partial charge in [0, 0.05) is 18.8 Å². The smallest absolute Gasteiger partial charge is 0.252 e. The van der Waals surface area contributed by atoms with Crippen LogP contribution in [0.25, 0.3) is 0 Å². The van der Waals surface area contributed by atoms with Crippen molar-refractivity contribution in [3.05, 3.63) is 23.4 Å². The van der Waals surface area contributed by atoms with Crippen molar-refractivity contribution in [3.8, 4) is 0 Å². The fourth-order valence-corrected chi connectivity index (χ4v) is 2.76. The molecule has 2 rings (SSSR count). The molecule has 2 heterocycles. The monoisotopic (exact) mass is 276 g/mol. The van der Waals surface area contributed by atoms with Gasteiger partial charge in [-0.05, 0) is 57.8 Å². The van der Waals surface area contributed by atoms with Gasteiger partial charge in [-0.1, -0.05) is 0 Å². The van der Waals surface area contributed by atoms with Gasteiger partial charge in [-0.3, -0.25) is 4.79 Å². The summed E-state index contributed by atoms with van der Waals surface area (Å²) in [6, 6.07) is 3.62. The molecule has 5 heteroatoms. The molecule has 1 aliphatic heterocycles. The lowest BCUT2D eigenvalue weighted by atomic mass is 9.93. The number of carbonyl (C=O) groups excluding carboxylic acids is 1. The maximum atomic E-state index is 11.5. The third-order valence-corrected chi connectivity index (χ3v) is 4.00. The minimum Gasteiger partial charge on any atom is -0.365 e. The first kappa shape index (κ1) is 14.8. The summed E-state index contributed by atoms with van der Waals surface area (Å²) in [5, 5.41) is 3.20. The predicted molar refractivity (Wildman–Crippen MR) is 81.0 cm³/mol. The highest BCUT2D eigenvalue weighted by Crippen LogP contribution is 2.26. The van der Waals surface area contributed by atoms with E-state index in [0.717, 1.165) is 49.9 Å². The first-order valence-corrected chi connectivity index (χ1v) is 7.29. The molecule has 20 heavy (non-hydrogen) atoms. The molecule has 5 nitrogen and oxygen atoms in total. The van der Waals surface area contributed by atoms with Gasteiger partial charge in [0.25, 0.3) is 5.91 Å². The van der Waals surface area contributed by atoms with Gasteiger partial charge in [-0.15, -0.1) is 0 Å². The summed E-state index contributed by atoms with van der Waals surface area (Å²) in [7, 11) is 1.99. The summed E-state index contributed by atoms with van der Waals surface area (Å²) in [5.74, 6) is 1.12. The number of nitrogens with two attached hydrogens (primary N) is 1. The van der Waals surface area contributed by atoms with Gasteiger partial charge in [-0.2, -0.15) is 0 Å². The quantitative estimate of drug-likeness (QED) is 0.850. The minimum atomic E-state index is -0.398. The summed E-state index contributed by atoms with van der Waals surface area (Å²) in [5.41, 5.74) is 6.90. The summed E-state index contributed by atoms with van der Waals surface area (Å²) >= 11 is 0. The lowest BCUT2D eigenvalue weighted by Crippen LogP contribution is -2.36. The number of anilines is 1. The molecule has 0 spiro atoms. The highest BCUT2D eigenvalue weighted by molar-refractivity contribution is 5.97. The fraction of sp³-hybridized carbons (Fsp3) is 0.600. The average molecular weight is 276 g/mol. The van der Waals surface area contributed by atoms with Crippen molar-refractivity contribution in [2.75, 3.05) is 31.6 Å². The Morgan fingerprint density at radius 3 is 2.75 bits per heavy atom. The van der Waals surface area contributed by atoms with E-state index in [4.69, 9.17) is 5.73 Å². The van der Waals surface area contributed by atoms with Gasteiger partial charge in [0.2, 0.25) is 0 Å². The maximum absolute atomic E-state index is 11.5. The van der Waals surface area contributed by atoms with Crippen LogP contribution in [0.3, 0.4) is 0 Å². The van der Waals surface area contributed by atoms with Gasteiger partial charge < -0.3 is 16.0 Å². The van der Waals surface area contributed by atoms with E-state index in [1.807, 2.05) is 20.0 Å². The first-order chi connectivity index (χ1) is 9.61. The maximum Gasteiger partial charge on any atom is 0.252 e. The van der Waals surface area contributed by atoms with E-state index in [-0.39, 0.29) is 0 Å². The fourth-order valence-electron chi connectivity index (χ4n) is 2.76. The van der Waals surface area contributed by atoms with E-state index in [1.54, 1.807) is 6.07 Å². The summed E-state index contributed by atoms with van der Waals surface area (Å²) in [4.78, 5) is 18.2. The number of aryl methyl sites for hydroxylation is 1. The molecule has 0 saturated carbocycles. The molecular formula is C15H24N4O. The molecule has 110 valence electrons. The van der Waals surface area contributed by atoms with Crippen LogP contribution < -0.4 is 16.0 Å². The van der Waals surface area contributed by atoms with Crippen LogP contribution in [-0.4, -0.2) is 37.6 Å². The van der Waals surface area contributed by atoms with Crippen molar-refractivity contribution in [2.24, 2.45) is 11.7 Å². The van der Waals surface area contributed by atoms with Crippen molar-refractivity contribution in [1.82, 2.24) is 10.3 Å². The minimum absolute atomic E-state index is 0.398. The van der Waals surface area contributed by atoms with Crippen LogP contribution >= 0.6 is 0 Å². The Morgan fingerprint density at radius 2 is 2.15 bits per heavy atom. The highest BCUT2D eigenvalue weighted by atomic mass is 16.1. The standard InChI is InChI=1S/C15H24N4O/c1-11-3-4-13(14(16)20)15(18-11)19-9-6-12(7-10-19)5-8-17-2/h3-4,12,17H,5-10H2,1-2H3,(H2,16,20). The lowest BCUT2D eigenvalue weighted by Gasteiger charge is -2.33. The third kappa shape index (κ3) is 3.48. The van der Waals surface area contributed by atoms with E-state index in [1.165, 1.54) is 6.42 Å². The largest absolute Gasteiger partial charge is 0.365 e. The Hall–Kier alpha value is -1.62. The Labute approximate surface area is 120 Å². The summed E-state index contributed by atoms with van der Waals surface area (Å²) < 4.78 is 0. The van der Waals surface area contributed by atoms with Crippen LogP contribution in [0.5, 0.6) is 0 Å². The molecule has 1 fully saturated rings. The summed E-state index contributed by atoms with van der Waals surface area (Å²) in [6.45, 7) is 4.91. The first-order valence-electron chi connectivity index (χ1n) is 7.29. The van der Waals surface area contributed by atoms with Crippen molar-refractivity contribution in [2.45, 2.75) is 26.2 Å². The van der Waals surface area contributed by atoms with E-state index in [9.17, 15) is 4.79 Å². The van der Waals surface area contributed by atoms with Gasteiger partial charge in [0.05, 0.1) is 5.56 Å². The molecule has 0 aliphatic carbocycles. The highest BCUT2D eigenvalue weighted by Gasteiger charge is 2.23. The average Bonchev–Trinajstić information content (AvgIpc) is 2.45. The van der Waals surface area contributed by atoms with Gasteiger partial charge >= 0.3 is 0 Å². The lowest BCUT2D eigenvalue weighted by molar-refractivity contribution is 0.100. The van der Waals surface area contributed by atoms with Crippen LogP contribution in [0.2, 0.25) is 0 Å². The second kappa shape index (κ2) is 6.70. The third-order valence-electron chi connectivity index (χ3n) is 4.00. The van der Waals surface area contributed by atoms with E-state index in [2.05, 4.69) is 15.2 Å². The molecule has 0 atom stereocenters. The number of amides is 1. The molecule has 0 unspecified atom stereocenters. The zero-order chi connectivity index (χ0) is 14.5. The number of pyridine rings is 1. The predicted octanol–water partition coefficient (Wildman–Crippen LogP) is 1.31. The topological polar surface area (TPSA) is 71.2 Å². The number of carbonyl (C=O) groups is 1. The second-order valence-electron chi connectivity index (χ2n) is 5.51. The zero-order valence-electron chi connectivity index (χ0n) is 12.4. The van der Waals surface area contributed by atoms with Crippen molar-refractivity contribution >= 4 is 11.7 Å². The molecule has 1 aromatic rings. The Bertz CT molecular complexity index is 467. The van der Waals surface area contributed by atoms with Crippen molar-refractivity contribution < 1.29 is 4.79 Å². The van der Waals surface area contributed by atoms with Gasteiger partial charge in [0.1, 0.15) is 5.82 Å². The van der Waals surface area contributed by atoms with Gasteiger partial charge in [0.15, 0.2) is 0 Å². The Morgan fingerprint density at radius 1 is 1.45 bits per heavy atom. The molecule has 3 N–H and O–H groups in total. The molecule has 0 radical (unpaired) electrons. The zero-order valence-corrected chi connectivity index (χ0v) is 12.4. The van der Waals surface area contributed by atoms with Crippen LogP contribution in [0.1, 0.15) is 35.3 Å². The molecule has 0 bridgehead atoms. The molecule has 1 aromatic heterocycles. The Kier molecular flexibility index (Phi) is 4.95. The normalized spacial score (nSPS) is 16.4.